The number of aromatic nitrogens is 4. The molecule has 2 aliphatic rings. The Bertz CT molecular complexity index is 1680. The van der Waals surface area contributed by atoms with Crippen LogP contribution >= 0.6 is 0 Å². The van der Waals surface area contributed by atoms with E-state index < -0.39 is 11.6 Å². The lowest BCUT2D eigenvalue weighted by molar-refractivity contribution is 0.0711. The van der Waals surface area contributed by atoms with Crippen molar-refractivity contribution < 1.29 is 22.8 Å². The third-order valence-electron chi connectivity index (χ3n) is 9.36. The maximum absolute atomic E-state index is 14.6. The number of nitrogens with zero attached hydrogens (tertiary/aromatic N) is 5. The Balaban J connectivity index is 1.08. The number of benzene rings is 2. The summed E-state index contributed by atoms with van der Waals surface area (Å²) in [7, 11) is 0. The molecule has 1 fully saturated rings. The molecule has 1 amide bonds. The van der Waals surface area contributed by atoms with Crippen molar-refractivity contribution in [3.63, 3.8) is 0 Å². The number of carbonyl (C=O) groups is 1. The second kappa shape index (κ2) is 11.4. The summed E-state index contributed by atoms with van der Waals surface area (Å²) in [6.45, 7) is 12.6. The molecule has 0 N–H and O–H groups in total. The predicted octanol–water partition coefficient (Wildman–Crippen LogP) is 7.03. The van der Waals surface area contributed by atoms with Crippen LogP contribution in [0.1, 0.15) is 99.2 Å². The fourth-order valence-corrected chi connectivity index (χ4v) is 6.53. The van der Waals surface area contributed by atoms with Gasteiger partial charge in [0.05, 0.1) is 18.5 Å². The number of ether oxygens (including phenoxy) is 1. The van der Waals surface area contributed by atoms with Gasteiger partial charge < -0.3 is 14.2 Å². The molecule has 2 aromatic carbocycles. The molecular formula is C34H39F2N5O3. The van der Waals surface area contributed by atoms with Gasteiger partial charge in [0, 0.05) is 36.2 Å². The number of halogens is 2. The van der Waals surface area contributed by atoms with Crippen LogP contribution in [0.2, 0.25) is 0 Å². The van der Waals surface area contributed by atoms with Crippen molar-refractivity contribution in [2.45, 2.75) is 83.6 Å². The largest absolute Gasteiger partial charge is 0.491 e. The molecule has 44 heavy (non-hydrogen) atoms. The number of rotatable bonds is 7. The molecule has 3 heterocycles. The topological polar surface area (TPSA) is 86.3 Å². The minimum atomic E-state index is -1.05. The summed E-state index contributed by atoms with van der Waals surface area (Å²) in [6.07, 6.45) is 5.36. The van der Waals surface area contributed by atoms with E-state index in [0.29, 0.717) is 18.8 Å². The van der Waals surface area contributed by atoms with Crippen LogP contribution in [0, 0.1) is 11.6 Å². The van der Waals surface area contributed by atoms with Crippen LogP contribution in [0.25, 0.3) is 11.3 Å². The fourth-order valence-electron chi connectivity index (χ4n) is 6.53. The average Bonchev–Trinajstić information content (AvgIpc) is 3.68. The molecule has 0 radical (unpaired) electrons. The molecule has 6 rings (SSSR count). The summed E-state index contributed by atoms with van der Waals surface area (Å²) in [6, 6.07) is 11.0. The highest BCUT2D eigenvalue weighted by Crippen LogP contribution is 2.46. The van der Waals surface area contributed by atoms with Crippen LogP contribution in [0.3, 0.4) is 0 Å². The standard InChI is InChI=1S/C34H39F2N5O3/c1-6-43-29-10-8-24(30(35)31(29)36)28-20-41(39-37-28)19-23-18-27(38-44-23)21-11-15-40(16-12-21)32(42)22-7-9-25-26(17-22)34(4,5)14-13-33(25,2)3/h7-10,17-18,20-21H,6,11-16,19H2,1-5H3. The molecule has 1 aliphatic heterocycles. The van der Waals surface area contributed by atoms with Gasteiger partial charge in [-0.2, -0.15) is 4.39 Å². The molecular weight excluding hydrogens is 564 g/mol. The van der Waals surface area contributed by atoms with Gasteiger partial charge in [-0.25, -0.2) is 9.07 Å². The van der Waals surface area contributed by atoms with Crippen molar-refractivity contribution in [2.24, 2.45) is 0 Å². The second-order valence-electron chi connectivity index (χ2n) is 13.3. The summed E-state index contributed by atoms with van der Waals surface area (Å²) in [5, 5.41) is 12.4. The molecule has 2 aromatic heterocycles. The van der Waals surface area contributed by atoms with Crippen LogP contribution in [0.5, 0.6) is 5.75 Å². The number of hydrogen-bond donors (Lipinski definition) is 0. The molecule has 232 valence electrons. The monoisotopic (exact) mass is 603 g/mol. The summed E-state index contributed by atoms with van der Waals surface area (Å²) in [5.74, 6) is -1.40. The maximum Gasteiger partial charge on any atom is 0.253 e. The smallest absolute Gasteiger partial charge is 0.253 e. The lowest BCUT2D eigenvalue weighted by atomic mass is 9.63. The van der Waals surface area contributed by atoms with E-state index in [2.05, 4.69) is 55.3 Å². The highest BCUT2D eigenvalue weighted by Gasteiger charge is 2.38. The summed E-state index contributed by atoms with van der Waals surface area (Å²) < 4.78 is 41.2. The summed E-state index contributed by atoms with van der Waals surface area (Å²) in [4.78, 5) is 15.5. The van der Waals surface area contributed by atoms with E-state index >= 15 is 0 Å². The van der Waals surface area contributed by atoms with Crippen LogP contribution in [-0.4, -0.2) is 50.7 Å². The average molecular weight is 604 g/mol. The summed E-state index contributed by atoms with van der Waals surface area (Å²) >= 11 is 0. The van der Waals surface area contributed by atoms with Gasteiger partial charge in [-0.05, 0) is 78.8 Å². The first-order chi connectivity index (χ1) is 21.0. The summed E-state index contributed by atoms with van der Waals surface area (Å²) in [5.41, 5.74) is 4.61. The zero-order valence-corrected chi connectivity index (χ0v) is 26.0. The van der Waals surface area contributed by atoms with E-state index in [4.69, 9.17) is 9.26 Å². The van der Waals surface area contributed by atoms with Crippen LogP contribution < -0.4 is 4.74 Å². The highest BCUT2D eigenvalue weighted by molar-refractivity contribution is 5.94. The van der Waals surface area contributed by atoms with Gasteiger partial charge in [-0.3, -0.25) is 4.79 Å². The molecule has 0 bridgehead atoms. The molecule has 0 unspecified atom stereocenters. The number of piperidine rings is 1. The van der Waals surface area contributed by atoms with Crippen molar-refractivity contribution in [1.29, 1.82) is 0 Å². The van der Waals surface area contributed by atoms with Gasteiger partial charge in [0.1, 0.15) is 12.2 Å². The molecule has 0 spiro atoms. The number of amides is 1. The van der Waals surface area contributed by atoms with Gasteiger partial charge in [-0.15, -0.1) is 5.10 Å². The Labute approximate surface area is 256 Å². The Morgan fingerprint density at radius 3 is 2.45 bits per heavy atom. The minimum Gasteiger partial charge on any atom is -0.491 e. The zero-order valence-electron chi connectivity index (χ0n) is 26.0. The van der Waals surface area contributed by atoms with Gasteiger partial charge in [-0.1, -0.05) is 44.1 Å². The van der Waals surface area contributed by atoms with Gasteiger partial charge in [0.25, 0.3) is 5.91 Å². The molecule has 10 heteroatoms. The molecule has 1 aliphatic carbocycles. The second-order valence-corrected chi connectivity index (χ2v) is 13.3. The van der Waals surface area contributed by atoms with Crippen molar-refractivity contribution >= 4 is 5.91 Å². The number of carbonyl (C=O) groups excluding carboxylic acids is 1. The SMILES string of the molecule is CCOc1ccc(-c2cn(Cc3cc(C4CCN(C(=O)c5ccc6c(c5)C(C)(C)CCC6(C)C)CC4)no3)nn2)c(F)c1F. The van der Waals surface area contributed by atoms with E-state index in [9.17, 15) is 13.6 Å². The first kappa shape index (κ1) is 30.0. The molecule has 0 atom stereocenters. The van der Waals surface area contributed by atoms with Gasteiger partial charge in [0.15, 0.2) is 17.3 Å². The van der Waals surface area contributed by atoms with Crippen LogP contribution in [0.15, 0.2) is 47.1 Å². The van der Waals surface area contributed by atoms with Crippen LogP contribution in [-0.2, 0) is 17.4 Å². The highest BCUT2D eigenvalue weighted by atomic mass is 19.2. The first-order valence-corrected chi connectivity index (χ1v) is 15.4. The molecule has 1 saturated heterocycles. The third kappa shape index (κ3) is 5.62. The van der Waals surface area contributed by atoms with Crippen molar-refractivity contribution in [2.75, 3.05) is 19.7 Å². The van der Waals surface area contributed by atoms with E-state index in [1.165, 1.54) is 34.1 Å². The van der Waals surface area contributed by atoms with E-state index in [-0.39, 0.29) is 52.8 Å². The number of likely N-dealkylation sites (tertiary alicyclic amines) is 1. The Morgan fingerprint density at radius 2 is 1.73 bits per heavy atom. The molecule has 4 aromatic rings. The normalized spacial score (nSPS) is 17.8. The fraction of sp³-hybridized carbons (Fsp3) is 0.471. The number of fused-ring (bicyclic) bond motifs is 1. The van der Waals surface area contributed by atoms with E-state index in [1.807, 2.05) is 17.0 Å². The lowest BCUT2D eigenvalue weighted by Gasteiger charge is -2.42. The van der Waals surface area contributed by atoms with Crippen molar-refractivity contribution in [3.05, 3.63) is 82.4 Å². The zero-order chi connectivity index (χ0) is 31.2. The minimum absolute atomic E-state index is 0.000271. The Hall–Kier alpha value is -4.08. The number of hydrogen-bond acceptors (Lipinski definition) is 6. The van der Waals surface area contributed by atoms with Crippen molar-refractivity contribution in [1.82, 2.24) is 25.1 Å². The maximum atomic E-state index is 14.6. The Morgan fingerprint density at radius 1 is 1.00 bits per heavy atom. The molecule has 0 saturated carbocycles. The van der Waals surface area contributed by atoms with Gasteiger partial charge >= 0.3 is 0 Å². The van der Waals surface area contributed by atoms with Crippen molar-refractivity contribution in [3.8, 4) is 17.0 Å². The first-order valence-electron chi connectivity index (χ1n) is 15.4. The molecule has 8 nitrogen and oxygen atoms in total. The van der Waals surface area contributed by atoms with Crippen LogP contribution in [0.4, 0.5) is 8.78 Å². The van der Waals surface area contributed by atoms with E-state index in [0.717, 1.165) is 36.9 Å². The quantitative estimate of drug-likeness (QED) is 0.226. The predicted molar refractivity (Wildman–Crippen MR) is 162 cm³/mol. The van der Waals surface area contributed by atoms with E-state index in [1.54, 1.807) is 6.92 Å². The third-order valence-corrected chi connectivity index (χ3v) is 9.36. The van der Waals surface area contributed by atoms with Gasteiger partial charge in [0.2, 0.25) is 5.82 Å². The Kier molecular flexibility index (Phi) is 7.80. The lowest BCUT2D eigenvalue weighted by Crippen LogP contribution is -2.39.